The van der Waals surface area contributed by atoms with Gasteiger partial charge < -0.3 is 33.9 Å². The van der Waals surface area contributed by atoms with Gasteiger partial charge in [-0.25, -0.2) is 4.79 Å². The van der Waals surface area contributed by atoms with Crippen LogP contribution >= 0.6 is 31.0 Å². The van der Waals surface area contributed by atoms with Crippen LogP contribution in [0, 0.1) is 0 Å². The first-order chi connectivity index (χ1) is 20.2. The van der Waals surface area contributed by atoms with Crippen molar-refractivity contribution < 1.29 is 46.5 Å². The average Bonchev–Trinajstić information content (AvgIpc) is 2.88. The second-order valence-corrected chi connectivity index (χ2v) is 14.4. The van der Waals surface area contributed by atoms with Crippen molar-refractivity contribution in [1.29, 1.82) is 0 Å². The van der Waals surface area contributed by atoms with Crippen molar-refractivity contribution in [2.75, 3.05) is 13.9 Å². The van der Waals surface area contributed by atoms with Crippen LogP contribution < -0.4 is 19.8 Å². The molecule has 44 heavy (non-hydrogen) atoms. The van der Waals surface area contributed by atoms with Crippen molar-refractivity contribution in [3.05, 3.63) is 63.4 Å². The molecule has 2 aromatic rings. The first-order valence-electron chi connectivity index (χ1n) is 13.7. The lowest BCUT2D eigenvalue weighted by Gasteiger charge is -2.41. The highest BCUT2D eigenvalue weighted by Crippen LogP contribution is 2.44. The Kier molecular flexibility index (Phi) is 13.3. The molecule has 246 valence electrons. The lowest BCUT2D eigenvalue weighted by molar-refractivity contribution is -0.310. The van der Waals surface area contributed by atoms with Crippen LogP contribution in [0.25, 0.3) is 0 Å². The minimum absolute atomic E-state index is 0.156. The van der Waals surface area contributed by atoms with Crippen LogP contribution in [-0.2, 0) is 26.6 Å². The summed E-state index contributed by atoms with van der Waals surface area (Å²) in [6, 6.07) is 8.13. The molecule has 1 amide bonds. The largest absolute Gasteiger partial charge is 0.808 e. The van der Waals surface area contributed by atoms with Crippen molar-refractivity contribution in [2.45, 2.75) is 94.3 Å². The number of carbonyl (C=O) groups is 1. The lowest BCUT2D eigenvalue weighted by Crippen LogP contribution is -2.51. The van der Waals surface area contributed by atoms with Crippen LogP contribution in [0.4, 0.5) is 18.0 Å². The van der Waals surface area contributed by atoms with E-state index in [1.165, 1.54) is 27.0 Å². The first kappa shape index (κ1) is 38.0. The molecule has 0 saturated heterocycles. The van der Waals surface area contributed by atoms with E-state index < -0.39 is 36.6 Å². The number of hydrogen-bond donors (Lipinski definition) is 1. The molecule has 8 nitrogen and oxygen atoms in total. The number of allylic oxidation sites excluding steroid dienone is 1. The standard InChI is InChI=1S/C30H40ClF3NO7PS/c1-8-14-29(19(2)20(3)43(37,38)39,35-27(36)42-28(4,5)6)15-13-21-9-11-23(17-24(21)31)44-26-16-22(30(32,33)34)10-12-25(26)41-18-40-7/h9-12,16-17H,8,13-15,18H2,1-7H3,(H,35,36)(H2,37,38,39)/p-2/t29-/m0/s1. The van der Waals surface area contributed by atoms with E-state index in [0.29, 0.717) is 28.3 Å². The molecule has 0 aromatic heterocycles. The number of carbonyl (C=O) groups excluding carboxylic acids is 1. The molecule has 14 heteroatoms. The van der Waals surface area contributed by atoms with Gasteiger partial charge in [0.1, 0.15) is 11.4 Å². The molecular formula is C30H38ClF3NO7PS-2. The zero-order valence-electron chi connectivity index (χ0n) is 25.7. The average molecular weight is 680 g/mol. The van der Waals surface area contributed by atoms with E-state index in [2.05, 4.69) is 5.32 Å². The maximum absolute atomic E-state index is 13.4. The molecule has 0 saturated carbocycles. The van der Waals surface area contributed by atoms with E-state index in [0.717, 1.165) is 23.9 Å². The first-order valence-corrected chi connectivity index (χ1v) is 16.5. The van der Waals surface area contributed by atoms with Crippen molar-refractivity contribution in [2.24, 2.45) is 0 Å². The molecular weight excluding hydrogens is 642 g/mol. The van der Waals surface area contributed by atoms with Gasteiger partial charge in [-0.3, -0.25) is 0 Å². The molecule has 0 bridgehead atoms. The van der Waals surface area contributed by atoms with Gasteiger partial charge in [-0.05, 0) is 108 Å². The third-order valence-electron chi connectivity index (χ3n) is 6.77. The number of rotatable bonds is 13. The highest BCUT2D eigenvalue weighted by Gasteiger charge is 2.36. The number of benzene rings is 2. The van der Waals surface area contributed by atoms with E-state index in [9.17, 15) is 32.3 Å². The quantitative estimate of drug-likeness (QED) is 0.169. The second-order valence-electron chi connectivity index (χ2n) is 11.2. The monoisotopic (exact) mass is 679 g/mol. The Morgan fingerprint density at radius 2 is 1.73 bits per heavy atom. The Hall–Kier alpha value is -2.21. The van der Waals surface area contributed by atoms with Gasteiger partial charge in [0, 0.05) is 17.0 Å². The molecule has 0 heterocycles. The van der Waals surface area contributed by atoms with Gasteiger partial charge >= 0.3 is 12.3 Å². The van der Waals surface area contributed by atoms with Crippen LogP contribution in [0.3, 0.4) is 0 Å². The molecule has 0 spiro atoms. The lowest BCUT2D eigenvalue weighted by atomic mass is 9.80. The van der Waals surface area contributed by atoms with Gasteiger partial charge in [-0.1, -0.05) is 42.8 Å². The zero-order chi connectivity index (χ0) is 33.5. The molecule has 0 aliphatic carbocycles. The number of aryl methyl sites for hydroxylation is 1. The molecule has 0 fully saturated rings. The maximum Gasteiger partial charge on any atom is 0.416 e. The summed E-state index contributed by atoms with van der Waals surface area (Å²) >= 11 is 7.65. The fourth-order valence-corrected chi connectivity index (χ4v) is 6.42. The summed E-state index contributed by atoms with van der Waals surface area (Å²) < 4.78 is 67.9. The van der Waals surface area contributed by atoms with E-state index in [1.54, 1.807) is 39.0 Å². The van der Waals surface area contributed by atoms with Gasteiger partial charge in [-0.2, -0.15) is 13.2 Å². The molecule has 0 aliphatic heterocycles. The fraction of sp³-hybridized carbons (Fsp3) is 0.500. The van der Waals surface area contributed by atoms with Crippen LogP contribution in [0.2, 0.25) is 5.02 Å². The molecule has 1 atom stereocenters. The Morgan fingerprint density at radius 1 is 1.07 bits per heavy atom. The van der Waals surface area contributed by atoms with E-state index in [4.69, 9.17) is 25.8 Å². The highest BCUT2D eigenvalue weighted by molar-refractivity contribution is 7.99. The summed E-state index contributed by atoms with van der Waals surface area (Å²) in [7, 11) is -3.72. The summed E-state index contributed by atoms with van der Waals surface area (Å²) in [6.07, 6.45) is -4.03. The van der Waals surface area contributed by atoms with Gasteiger partial charge in [0.05, 0.1) is 16.0 Å². The van der Waals surface area contributed by atoms with Crippen molar-refractivity contribution >= 4 is 37.1 Å². The smallest absolute Gasteiger partial charge is 0.416 e. The van der Waals surface area contributed by atoms with Crippen LogP contribution in [0.1, 0.15) is 71.9 Å². The normalized spacial score (nSPS) is 14.5. The van der Waals surface area contributed by atoms with Crippen LogP contribution in [0.5, 0.6) is 5.75 Å². The van der Waals surface area contributed by atoms with Crippen molar-refractivity contribution in [3.63, 3.8) is 0 Å². The Balaban J connectivity index is 2.45. The van der Waals surface area contributed by atoms with Gasteiger partial charge in [-0.15, -0.1) is 0 Å². The van der Waals surface area contributed by atoms with Gasteiger partial charge in [0.15, 0.2) is 6.79 Å². The topological polar surface area (TPSA) is 120 Å². The Labute approximate surface area is 265 Å². The number of alkyl carbamates (subject to hydrolysis) is 1. The number of halogens is 4. The number of methoxy groups -OCH3 is 1. The molecule has 0 unspecified atom stereocenters. The third kappa shape index (κ3) is 11.0. The molecule has 1 N–H and O–H groups in total. The number of hydrogen-bond acceptors (Lipinski definition) is 8. The SMILES string of the molecule is CCC[C@@](CCc1ccc(Sc2cc(C(F)(F)F)ccc2OCOC)cc1Cl)(NC(=O)OC(C)(C)C)C(C)=C(C)P(=O)([O-])[O-]. The number of alkyl halides is 3. The van der Waals surface area contributed by atoms with Crippen molar-refractivity contribution in [3.8, 4) is 5.75 Å². The summed E-state index contributed by atoms with van der Waals surface area (Å²) in [5, 5.41) is 2.77. The van der Waals surface area contributed by atoms with Crippen LogP contribution in [0.15, 0.2) is 57.1 Å². The molecule has 0 radical (unpaired) electrons. The zero-order valence-corrected chi connectivity index (χ0v) is 28.2. The minimum atomic E-state index is -5.12. The predicted molar refractivity (Wildman–Crippen MR) is 161 cm³/mol. The number of ether oxygens (including phenoxy) is 3. The number of amides is 1. The van der Waals surface area contributed by atoms with Crippen molar-refractivity contribution in [1.82, 2.24) is 5.32 Å². The fourth-order valence-electron chi connectivity index (χ4n) is 4.47. The van der Waals surface area contributed by atoms with E-state index in [-0.39, 0.29) is 41.2 Å². The highest BCUT2D eigenvalue weighted by atomic mass is 35.5. The summed E-state index contributed by atoms with van der Waals surface area (Å²) in [4.78, 5) is 37.6. The second kappa shape index (κ2) is 15.4. The Morgan fingerprint density at radius 3 is 2.25 bits per heavy atom. The third-order valence-corrected chi connectivity index (χ3v) is 9.30. The van der Waals surface area contributed by atoms with E-state index >= 15 is 0 Å². The van der Waals surface area contributed by atoms with Gasteiger partial charge in [0.2, 0.25) is 0 Å². The van der Waals surface area contributed by atoms with E-state index in [1.807, 2.05) is 6.92 Å². The molecule has 2 aromatic carbocycles. The minimum Gasteiger partial charge on any atom is -0.808 e. The molecule has 0 aliphatic rings. The molecule has 2 rings (SSSR count). The van der Waals surface area contributed by atoms with Gasteiger partial charge in [0.25, 0.3) is 0 Å². The maximum atomic E-state index is 13.4. The summed E-state index contributed by atoms with van der Waals surface area (Å²) in [5.74, 6) is 0.203. The number of nitrogens with one attached hydrogen (secondary N) is 1. The van der Waals surface area contributed by atoms with Crippen LogP contribution in [-0.4, -0.2) is 31.1 Å². The Bertz CT molecular complexity index is 1390. The summed E-state index contributed by atoms with van der Waals surface area (Å²) in [6.45, 7) is 9.50. The predicted octanol–water partition coefficient (Wildman–Crippen LogP) is 7.70. The summed E-state index contributed by atoms with van der Waals surface area (Å²) in [5.41, 5.74) is -2.06.